The van der Waals surface area contributed by atoms with Crippen LogP contribution in [0.25, 0.3) is 43.3 Å². The van der Waals surface area contributed by atoms with E-state index in [1.807, 2.05) is 24.5 Å². The van der Waals surface area contributed by atoms with Crippen molar-refractivity contribution < 1.29 is 0 Å². The summed E-state index contributed by atoms with van der Waals surface area (Å²) in [5.41, 5.74) is 9.83. The number of para-hydroxylation sites is 2. The first kappa shape index (κ1) is 24.4. The number of nitrogens with zero attached hydrogens (tertiary/aromatic N) is 2. The van der Waals surface area contributed by atoms with Gasteiger partial charge >= 0.3 is 0 Å². The van der Waals surface area contributed by atoms with Gasteiger partial charge in [-0.25, -0.2) is 0 Å². The molecule has 192 valence electrons. The van der Waals surface area contributed by atoms with Gasteiger partial charge in [-0.05, 0) is 44.8 Å². The lowest BCUT2D eigenvalue weighted by atomic mass is 9.88. The van der Waals surface area contributed by atoms with Crippen LogP contribution in [0.5, 0.6) is 0 Å². The molecule has 0 N–H and O–H groups in total. The fourth-order valence-electron chi connectivity index (χ4n) is 6.54. The number of fused-ring (bicyclic) bond motifs is 2. The SMILES string of the molecule is CC[Si]1(C)C(c2cccc3cccnc23)=C(c2ccccc2)C(c2ccccc2)=C1c1cccc2cccnc12. The summed E-state index contributed by atoms with van der Waals surface area (Å²) in [5, 5.41) is 5.28. The molecule has 7 rings (SSSR count). The molecule has 6 aromatic rings. The molecule has 0 aliphatic carbocycles. The van der Waals surface area contributed by atoms with E-state index in [1.165, 1.54) is 54.6 Å². The monoisotopic (exact) mass is 530 g/mol. The van der Waals surface area contributed by atoms with Crippen molar-refractivity contribution in [2.45, 2.75) is 19.5 Å². The topological polar surface area (TPSA) is 25.8 Å². The van der Waals surface area contributed by atoms with E-state index < -0.39 is 8.07 Å². The Morgan fingerprint density at radius 2 is 0.925 bits per heavy atom. The van der Waals surface area contributed by atoms with Gasteiger partial charge in [0.15, 0.2) is 0 Å². The smallest absolute Gasteiger partial charge is 0.118 e. The maximum atomic E-state index is 4.96. The van der Waals surface area contributed by atoms with E-state index in [2.05, 4.69) is 123 Å². The molecule has 0 amide bonds. The second kappa shape index (κ2) is 9.85. The molecule has 0 unspecified atom stereocenters. The predicted molar refractivity (Wildman–Crippen MR) is 172 cm³/mol. The standard InChI is InChI=1S/C37H30N2Si/c1-3-40(2)36(30-22-10-18-28-20-12-24-38-34(28)30)32(26-14-6-4-7-15-26)33(27-16-8-5-9-17-27)37(40)31-23-11-19-29-21-13-25-39-35(29)31/h4-25H,3H2,1-2H3. The normalized spacial score (nSPS) is 14.8. The zero-order valence-electron chi connectivity index (χ0n) is 22.8. The minimum Gasteiger partial charge on any atom is -0.256 e. The third kappa shape index (κ3) is 3.77. The summed E-state index contributed by atoms with van der Waals surface area (Å²) in [5.74, 6) is 0. The quantitative estimate of drug-likeness (QED) is 0.207. The van der Waals surface area contributed by atoms with E-state index in [0.717, 1.165) is 17.1 Å². The van der Waals surface area contributed by atoms with E-state index >= 15 is 0 Å². The molecule has 2 nitrogen and oxygen atoms in total. The van der Waals surface area contributed by atoms with Gasteiger partial charge in [0.05, 0.1) is 11.0 Å². The highest BCUT2D eigenvalue weighted by molar-refractivity contribution is 7.14. The maximum absolute atomic E-state index is 4.96. The maximum Gasteiger partial charge on any atom is 0.118 e. The molecular weight excluding hydrogens is 501 g/mol. The summed E-state index contributed by atoms with van der Waals surface area (Å²) in [7, 11) is -2.35. The first-order chi connectivity index (χ1) is 19.7. The van der Waals surface area contributed by atoms with Crippen LogP contribution in [0.15, 0.2) is 134 Å². The molecule has 1 aliphatic rings. The summed E-state index contributed by atoms with van der Waals surface area (Å²) in [6.45, 7) is 4.93. The van der Waals surface area contributed by atoms with Crippen molar-refractivity contribution >= 4 is 51.4 Å². The van der Waals surface area contributed by atoms with Crippen LogP contribution >= 0.6 is 0 Å². The number of hydrogen-bond donors (Lipinski definition) is 0. The molecule has 2 aromatic heterocycles. The number of benzene rings is 4. The Balaban J connectivity index is 1.68. The van der Waals surface area contributed by atoms with Crippen LogP contribution < -0.4 is 0 Å². The van der Waals surface area contributed by atoms with Gasteiger partial charge in [0.25, 0.3) is 0 Å². The predicted octanol–water partition coefficient (Wildman–Crippen LogP) is 9.50. The first-order valence-corrected chi connectivity index (χ1v) is 16.7. The van der Waals surface area contributed by atoms with Gasteiger partial charge in [-0.3, -0.25) is 9.97 Å². The van der Waals surface area contributed by atoms with Crippen molar-refractivity contribution in [1.29, 1.82) is 0 Å². The molecule has 0 saturated carbocycles. The summed E-state index contributed by atoms with van der Waals surface area (Å²) in [6, 6.07) is 44.7. The van der Waals surface area contributed by atoms with Gasteiger partial charge in [-0.2, -0.15) is 0 Å². The molecule has 0 spiro atoms. The summed E-state index contributed by atoms with van der Waals surface area (Å²) in [6.07, 6.45) is 3.85. The van der Waals surface area contributed by atoms with Crippen molar-refractivity contribution in [3.8, 4) is 0 Å². The molecule has 0 fully saturated rings. The van der Waals surface area contributed by atoms with Gasteiger partial charge in [0.1, 0.15) is 8.07 Å². The lowest BCUT2D eigenvalue weighted by Gasteiger charge is -2.30. The summed E-state index contributed by atoms with van der Waals surface area (Å²) in [4.78, 5) is 9.91. The van der Waals surface area contributed by atoms with Gasteiger partial charge in [-0.1, -0.05) is 129 Å². The van der Waals surface area contributed by atoms with E-state index in [1.54, 1.807) is 0 Å². The fourth-order valence-corrected chi connectivity index (χ4v) is 10.7. The minimum atomic E-state index is -2.35. The Morgan fingerprint density at radius 3 is 1.35 bits per heavy atom. The molecule has 0 bridgehead atoms. The van der Waals surface area contributed by atoms with Crippen molar-refractivity contribution in [1.82, 2.24) is 9.97 Å². The number of aromatic nitrogens is 2. The molecular formula is C37H30N2Si. The highest BCUT2D eigenvalue weighted by Crippen LogP contribution is 2.58. The Hall–Kier alpha value is -4.60. The molecule has 3 heterocycles. The highest BCUT2D eigenvalue weighted by Gasteiger charge is 2.46. The second-order valence-corrected chi connectivity index (χ2v) is 15.1. The minimum absolute atomic E-state index is 1.07. The largest absolute Gasteiger partial charge is 0.256 e. The van der Waals surface area contributed by atoms with Gasteiger partial charge < -0.3 is 0 Å². The Morgan fingerprint density at radius 1 is 0.500 bits per heavy atom. The molecule has 0 radical (unpaired) electrons. The third-order valence-corrected chi connectivity index (χ3v) is 13.1. The summed E-state index contributed by atoms with van der Waals surface area (Å²) < 4.78 is 0. The molecule has 4 aromatic carbocycles. The van der Waals surface area contributed by atoms with Crippen molar-refractivity contribution in [2.75, 3.05) is 0 Å². The highest BCUT2D eigenvalue weighted by atomic mass is 28.3. The van der Waals surface area contributed by atoms with Crippen LogP contribution in [0.4, 0.5) is 0 Å². The zero-order valence-corrected chi connectivity index (χ0v) is 23.8. The van der Waals surface area contributed by atoms with Gasteiger partial charge in [0.2, 0.25) is 0 Å². The van der Waals surface area contributed by atoms with Crippen LogP contribution in [0, 0.1) is 0 Å². The van der Waals surface area contributed by atoms with E-state index in [0.29, 0.717) is 0 Å². The first-order valence-electron chi connectivity index (χ1n) is 14.0. The lowest BCUT2D eigenvalue weighted by Crippen LogP contribution is -2.32. The average Bonchev–Trinajstić information content (AvgIpc) is 3.30. The van der Waals surface area contributed by atoms with E-state index in [9.17, 15) is 0 Å². The summed E-state index contributed by atoms with van der Waals surface area (Å²) >= 11 is 0. The van der Waals surface area contributed by atoms with Crippen molar-refractivity contribution in [3.63, 3.8) is 0 Å². The second-order valence-electron chi connectivity index (χ2n) is 10.7. The van der Waals surface area contributed by atoms with Gasteiger partial charge in [-0.15, -0.1) is 0 Å². The number of pyridine rings is 2. The third-order valence-electron chi connectivity index (χ3n) is 8.49. The Labute approximate surface area is 236 Å². The molecule has 0 saturated heterocycles. The lowest BCUT2D eigenvalue weighted by molar-refractivity contribution is 1.38. The van der Waals surface area contributed by atoms with E-state index in [-0.39, 0.29) is 0 Å². The van der Waals surface area contributed by atoms with Crippen LogP contribution in [0.1, 0.15) is 29.2 Å². The number of allylic oxidation sites excluding steroid dienone is 2. The number of hydrogen-bond acceptors (Lipinski definition) is 2. The van der Waals surface area contributed by atoms with Crippen LogP contribution in [-0.2, 0) is 0 Å². The zero-order chi connectivity index (χ0) is 27.1. The van der Waals surface area contributed by atoms with Gasteiger partial charge in [0, 0.05) is 34.3 Å². The molecule has 3 heteroatoms. The Kier molecular flexibility index (Phi) is 6.02. The fraction of sp³-hybridized carbons (Fsp3) is 0.0811. The number of rotatable bonds is 5. The average molecular weight is 531 g/mol. The van der Waals surface area contributed by atoms with Crippen LogP contribution in [0.3, 0.4) is 0 Å². The molecule has 0 atom stereocenters. The van der Waals surface area contributed by atoms with Crippen LogP contribution in [-0.4, -0.2) is 18.0 Å². The Bertz CT molecular complexity index is 1790. The van der Waals surface area contributed by atoms with Crippen LogP contribution in [0.2, 0.25) is 12.6 Å². The molecule has 40 heavy (non-hydrogen) atoms. The van der Waals surface area contributed by atoms with Crippen molar-refractivity contribution in [3.05, 3.63) is 156 Å². The van der Waals surface area contributed by atoms with Crippen molar-refractivity contribution in [2.24, 2.45) is 0 Å². The van der Waals surface area contributed by atoms with E-state index in [4.69, 9.17) is 9.97 Å². The molecule has 1 aliphatic heterocycles.